The topological polar surface area (TPSA) is 111 Å². The van der Waals surface area contributed by atoms with E-state index in [-0.39, 0.29) is 35.5 Å². The first-order chi connectivity index (χ1) is 15.9. The average Bonchev–Trinajstić information content (AvgIpc) is 3.21. The molecule has 0 aliphatic heterocycles. The van der Waals surface area contributed by atoms with E-state index in [1.165, 1.54) is 0 Å². The molecule has 2 heterocycles. The van der Waals surface area contributed by atoms with Gasteiger partial charge in [0.05, 0.1) is 18.2 Å². The van der Waals surface area contributed by atoms with Crippen LogP contribution in [0.15, 0.2) is 12.3 Å². The molecule has 0 amide bonds. The first-order valence-electron chi connectivity index (χ1n) is 11.3. The molecule has 1 aliphatic rings. The first-order valence-corrected chi connectivity index (χ1v) is 12.1. The number of aliphatic hydroxyl groups is 1. The smallest absolute Gasteiger partial charge is 0.452 e. The maximum atomic E-state index is 13.0. The lowest BCUT2D eigenvalue weighted by Crippen LogP contribution is -2.42. The molecular weight excluding hydrogens is 471 g/mol. The number of rotatable bonds is 9. The van der Waals surface area contributed by atoms with Gasteiger partial charge in [-0.15, -0.1) is 0 Å². The number of aromatic nitrogens is 3. The van der Waals surface area contributed by atoms with Gasteiger partial charge in [-0.2, -0.15) is 22.5 Å². The Kier molecular flexibility index (Phi) is 8.34. The Bertz CT molecular complexity index is 977. The SMILES string of the molecule is CC(C)CN(c1ncc(C(C)CC(=O)O)cc1Nc1nc(C(F)(F)F)ns1)C1CCC(O)CC1. The second-order valence-electron chi connectivity index (χ2n) is 9.19. The second-order valence-corrected chi connectivity index (χ2v) is 9.95. The number of carboxylic acids is 1. The van der Waals surface area contributed by atoms with E-state index in [4.69, 9.17) is 0 Å². The van der Waals surface area contributed by atoms with Crippen molar-refractivity contribution in [1.29, 1.82) is 0 Å². The summed E-state index contributed by atoms with van der Waals surface area (Å²) in [5.41, 5.74) is 1.10. The van der Waals surface area contributed by atoms with E-state index in [1.807, 2.05) is 0 Å². The highest BCUT2D eigenvalue weighted by Crippen LogP contribution is 2.37. The minimum absolute atomic E-state index is 0.0259. The van der Waals surface area contributed by atoms with E-state index in [2.05, 4.69) is 38.4 Å². The molecule has 0 radical (unpaired) electrons. The third-order valence-corrected chi connectivity index (χ3v) is 6.43. The van der Waals surface area contributed by atoms with Gasteiger partial charge in [-0.05, 0) is 49.1 Å². The summed E-state index contributed by atoms with van der Waals surface area (Å²) < 4.78 is 42.4. The summed E-state index contributed by atoms with van der Waals surface area (Å²) in [6.07, 6.45) is -0.589. The normalized spacial score (nSPS) is 19.8. The largest absolute Gasteiger partial charge is 0.481 e. The summed E-state index contributed by atoms with van der Waals surface area (Å²) in [6, 6.07) is 1.84. The van der Waals surface area contributed by atoms with Crippen LogP contribution < -0.4 is 10.2 Å². The molecule has 0 spiro atoms. The lowest BCUT2D eigenvalue weighted by Gasteiger charge is -2.38. The van der Waals surface area contributed by atoms with Crippen molar-refractivity contribution in [2.45, 2.75) is 77.1 Å². The highest BCUT2D eigenvalue weighted by Gasteiger charge is 2.36. The Labute approximate surface area is 200 Å². The van der Waals surface area contributed by atoms with Crippen LogP contribution in [0.1, 0.15) is 70.2 Å². The summed E-state index contributed by atoms with van der Waals surface area (Å²) in [7, 11) is 0. The molecule has 0 bridgehead atoms. The van der Waals surface area contributed by atoms with Gasteiger partial charge in [0.25, 0.3) is 0 Å². The fourth-order valence-electron chi connectivity index (χ4n) is 4.12. The number of aliphatic carboxylic acids is 1. The monoisotopic (exact) mass is 501 g/mol. The molecule has 1 aliphatic carbocycles. The maximum Gasteiger partial charge on any atom is 0.452 e. The van der Waals surface area contributed by atoms with Gasteiger partial charge in [0.1, 0.15) is 0 Å². The van der Waals surface area contributed by atoms with Crippen LogP contribution in [-0.2, 0) is 11.0 Å². The third kappa shape index (κ3) is 6.78. The van der Waals surface area contributed by atoms with Gasteiger partial charge in [-0.25, -0.2) is 4.98 Å². The van der Waals surface area contributed by atoms with Crippen LogP contribution in [0.5, 0.6) is 0 Å². The molecule has 1 unspecified atom stereocenters. The molecule has 8 nitrogen and oxygen atoms in total. The second kappa shape index (κ2) is 10.9. The molecule has 1 fully saturated rings. The molecule has 3 N–H and O–H groups in total. The highest BCUT2D eigenvalue weighted by molar-refractivity contribution is 7.09. The molecule has 34 heavy (non-hydrogen) atoms. The fourth-order valence-corrected chi connectivity index (χ4v) is 4.72. The van der Waals surface area contributed by atoms with Gasteiger partial charge in [0.15, 0.2) is 5.82 Å². The predicted octanol–water partition coefficient (Wildman–Crippen LogP) is 5.04. The van der Waals surface area contributed by atoms with E-state index < -0.39 is 18.0 Å². The fraction of sp³-hybridized carbons (Fsp3) is 0.636. The van der Waals surface area contributed by atoms with Crippen molar-refractivity contribution >= 4 is 34.1 Å². The number of hydrogen-bond donors (Lipinski definition) is 3. The van der Waals surface area contributed by atoms with Crippen molar-refractivity contribution in [2.24, 2.45) is 5.92 Å². The average molecular weight is 502 g/mol. The van der Waals surface area contributed by atoms with Gasteiger partial charge in [-0.3, -0.25) is 4.79 Å². The van der Waals surface area contributed by atoms with Crippen molar-refractivity contribution in [3.8, 4) is 0 Å². The molecule has 0 saturated heterocycles. The van der Waals surface area contributed by atoms with E-state index in [0.717, 1.165) is 12.8 Å². The number of alkyl halides is 3. The molecule has 3 rings (SSSR count). The lowest BCUT2D eigenvalue weighted by molar-refractivity contribution is -0.144. The molecule has 12 heteroatoms. The molecule has 0 aromatic carbocycles. The van der Waals surface area contributed by atoms with E-state index in [0.29, 0.717) is 48.0 Å². The van der Waals surface area contributed by atoms with Gasteiger partial charge < -0.3 is 20.4 Å². The van der Waals surface area contributed by atoms with Crippen molar-refractivity contribution in [3.63, 3.8) is 0 Å². The summed E-state index contributed by atoms with van der Waals surface area (Å²) >= 11 is 0.601. The Morgan fingerprint density at radius 2 is 1.94 bits per heavy atom. The number of pyridine rings is 1. The van der Waals surface area contributed by atoms with Crippen LogP contribution >= 0.6 is 11.5 Å². The van der Waals surface area contributed by atoms with Crippen LogP contribution in [-0.4, -0.2) is 49.2 Å². The Hall–Kier alpha value is -2.47. The molecule has 1 atom stereocenters. The number of nitrogens with one attached hydrogen (secondary N) is 1. The van der Waals surface area contributed by atoms with Gasteiger partial charge in [-0.1, -0.05) is 20.8 Å². The van der Waals surface area contributed by atoms with Crippen molar-refractivity contribution < 1.29 is 28.2 Å². The summed E-state index contributed by atoms with van der Waals surface area (Å²) in [6.45, 7) is 6.56. The van der Waals surface area contributed by atoms with Crippen LogP contribution in [0, 0.1) is 5.92 Å². The van der Waals surface area contributed by atoms with E-state index >= 15 is 0 Å². The predicted molar refractivity (Wildman–Crippen MR) is 124 cm³/mol. The highest BCUT2D eigenvalue weighted by atomic mass is 32.1. The van der Waals surface area contributed by atoms with Crippen LogP contribution in [0.3, 0.4) is 0 Å². The first kappa shape index (κ1) is 26.1. The zero-order valence-corrected chi connectivity index (χ0v) is 20.2. The number of carbonyl (C=O) groups is 1. The summed E-state index contributed by atoms with van der Waals surface area (Å²) in [4.78, 5) is 21.6. The molecule has 1 saturated carbocycles. The van der Waals surface area contributed by atoms with Crippen molar-refractivity contribution in [2.75, 3.05) is 16.8 Å². The van der Waals surface area contributed by atoms with Crippen LogP contribution in [0.25, 0.3) is 0 Å². The van der Waals surface area contributed by atoms with E-state index in [9.17, 15) is 28.2 Å². The molecule has 2 aromatic rings. The van der Waals surface area contributed by atoms with Crippen LogP contribution in [0.2, 0.25) is 0 Å². The quantitative estimate of drug-likeness (QED) is 0.438. The number of carboxylic acid groups (broad SMARTS) is 1. The Balaban J connectivity index is 2.00. The number of aliphatic hydroxyl groups excluding tert-OH is 1. The van der Waals surface area contributed by atoms with E-state index in [1.54, 1.807) is 19.2 Å². The zero-order valence-electron chi connectivity index (χ0n) is 19.3. The summed E-state index contributed by atoms with van der Waals surface area (Å²) in [5.74, 6) is -1.67. The third-order valence-electron chi connectivity index (χ3n) is 5.80. The molecule has 188 valence electrons. The van der Waals surface area contributed by atoms with Gasteiger partial charge in [0.2, 0.25) is 11.0 Å². The molecular formula is C22H30F3N5O3S. The van der Waals surface area contributed by atoms with Crippen molar-refractivity contribution in [1.82, 2.24) is 14.3 Å². The Morgan fingerprint density at radius 3 is 2.50 bits per heavy atom. The van der Waals surface area contributed by atoms with Crippen molar-refractivity contribution in [3.05, 3.63) is 23.7 Å². The van der Waals surface area contributed by atoms with Gasteiger partial charge in [0, 0.05) is 30.3 Å². The number of anilines is 3. The standard InChI is InChI=1S/C22H30F3N5O3S/c1-12(2)11-30(15-4-6-16(31)7-5-15)19-17(9-14(10-26-19)13(3)8-18(32)33)27-21-28-20(29-34-21)22(23,24)25/h9-10,12-13,15-16,31H,4-8,11H2,1-3H3,(H,32,33)(H,27,28,29). The van der Waals surface area contributed by atoms with Crippen LogP contribution in [0.4, 0.5) is 29.8 Å². The minimum Gasteiger partial charge on any atom is -0.481 e. The zero-order chi connectivity index (χ0) is 25.0. The number of halogens is 3. The number of nitrogens with zero attached hydrogens (tertiary/aromatic N) is 4. The minimum atomic E-state index is -4.65. The summed E-state index contributed by atoms with van der Waals surface area (Å²) in [5, 5.41) is 22.1. The maximum absolute atomic E-state index is 13.0. The Morgan fingerprint density at radius 1 is 1.26 bits per heavy atom. The number of hydrogen-bond acceptors (Lipinski definition) is 8. The van der Waals surface area contributed by atoms with Gasteiger partial charge >= 0.3 is 12.1 Å². The lowest BCUT2D eigenvalue weighted by atomic mass is 9.91. The molecule has 2 aromatic heterocycles.